The number of allylic oxidation sites excluding steroid dienone is 2. The highest BCUT2D eigenvalue weighted by Gasteiger charge is 2.28. The minimum Gasteiger partial charge on any atom is -0.0570 e. The molecule has 0 aliphatic heterocycles. The first-order valence-electron chi connectivity index (χ1n) is 4.25. The molecule has 0 unspecified atom stereocenters. The SMILES string of the molecule is BrC1=C(C2CC2)CCCC1. The van der Waals surface area contributed by atoms with E-state index in [9.17, 15) is 0 Å². The first kappa shape index (κ1) is 6.90. The van der Waals surface area contributed by atoms with Gasteiger partial charge in [-0.3, -0.25) is 0 Å². The van der Waals surface area contributed by atoms with Crippen molar-refractivity contribution in [3.8, 4) is 0 Å². The molecule has 0 aromatic rings. The Labute approximate surface area is 70.8 Å². The average molecular weight is 201 g/mol. The van der Waals surface area contributed by atoms with E-state index in [4.69, 9.17) is 0 Å². The third kappa shape index (κ3) is 1.29. The summed E-state index contributed by atoms with van der Waals surface area (Å²) in [5.74, 6) is 0.995. The summed E-state index contributed by atoms with van der Waals surface area (Å²) in [6.45, 7) is 0. The Morgan fingerprint density at radius 1 is 1.10 bits per heavy atom. The molecule has 0 radical (unpaired) electrons. The molecule has 1 heteroatoms. The molecule has 2 aliphatic rings. The average Bonchev–Trinajstić information content (AvgIpc) is 2.71. The molecule has 2 aliphatic carbocycles. The van der Waals surface area contributed by atoms with Gasteiger partial charge in [0.15, 0.2) is 0 Å². The molecule has 0 aromatic heterocycles. The first-order chi connectivity index (χ1) is 4.88. The zero-order valence-electron chi connectivity index (χ0n) is 6.20. The summed E-state index contributed by atoms with van der Waals surface area (Å²) < 4.78 is 1.54. The summed E-state index contributed by atoms with van der Waals surface area (Å²) in [5, 5.41) is 0. The van der Waals surface area contributed by atoms with Crippen molar-refractivity contribution in [2.24, 2.45) is 5.92 Å². The van der Waals surface area contributed by atoms with Crippen molar-refractivity contribution in [3.63, 3.8) is 0 Å². The highest BCUT2D eigenvalue weighted by atomic mass is 79.9. The Bertz CT molecular complexity index is 166. The standard InChI is InChI=1S/C9H13Br/c10-9-4-2-1-3-8(9)7-5-6-7/h7H,1-6H2. The largest absolute Gasteiger partial charge is 0.0570 e. The van der Waals surface area contributed by atoms with Gasteiger partial charge < -0.3 is 0 Å². The zero-order valence-corrected chi connectivity index (χ0v) is 7.78. The van der Waals surface area contributed by atoms with Crippen LogP contribution in [0.1, 0.15) is 38.5 Å². The monoisotopic (exact) mass is 200 g/mol. The van der Waals surface area contributed by atoms with Crippen LogP contribution in [0.4, 0.5) is 0 Å². The number of hydrogen-bond acceptors (Lipinski definition) is 0. The Kier molecular flexibility index (Phi) is 1.86. The highest BCUT2D eigenvalue weighted by molar-refractivity contribution is 9.11. The van der Waals surface area contributed by atoms with Gasteiger partial charge in [-0.15, -0.1) is 0 Å². The van der Waals surface area contributed by atoms with E-state index in [1.54, 1.807) is 10.1 Å². The molecule has 0 spiro atoms. The van der Waals surface area contributed by atoms with Gasteiger partial charge in [0.1, 0.15) is 0 Å². The fourth-order valence-electron chi connectivity index (χ4n) is 1.75. The van der Waals surface area contributed by atoms with Crippen molar-refractivity contribution >= 4 is 15.9 Å². The summed E-state index contributed by atoms with van der Waals surface area (Å²) in [7, 11) is 0. The molecule has 0 atom stereocenters. The van der Waals surface area contributed by atoms with Crippen molar-refractivity contribution in [2.45, 2.75) is 38.5 Å². The van der Waals surface area contributed by atoms with Crippen LogP contribution in [-0.4, -0.2) is 0 Å². The topological polar surface area (TPSA) is 0 Å². The van der Waals surface area contributed by atoms with Crippen LogP contribution >= 0.6 is 15.9 Å². The second-order valence-corrected chi connectivity index (χ2v) is 4.37. The lowest BCUT2D eigenvalue weighted by molar-refractivity contribution is 0.664. The van der Waals surface area contributed by atoms with Crippen LogP contribution in [0.15, 0.2) is 10.1 Å². The first-order valence-corrected chi connectivity index (χ1v) is 5.04. The van der Waals surface area contributed by atoms with Gasteiger partial charge in [0.05, 0.1) is 0 Å². The van der Waals surface area contributed by atoms with Crippen LogP contribution in [0.5, 0.6) is 0 Å². The Morgan fingerprint density at radius 2 is 1.80 bits per heavy atom. The van der Waals surface area contributed by atoms with E-state index in [0.717, 1.165) is 5.92 Å². The van der Waals surface area contributed by atoms with Crippen molar-refractivity contribution in [2.75, 3.05) is 0 Å². The second-order valence-electron chi connectivity index (χ2n) is 3.41. The van der Waals surface area contributed by atoms with Crippen LogP contribution in [0, 0.1) is 5.92 Å². The summed E-state index contributed by atoms with van der Waals surface area (Å²) in [4.78, 5) is 0. The minimum absolute atomic E-state index is 0.995. The van der Waals surface area contributed by atoms with E-state index in [1.165, 1.54) is 38.5 Å². The van der Waals surface area contributed by atoms with Crippen molar-refractivity contribution in [1.82, 2.24) is 0 Å². The van der Waals surface area contributed by atoms with Crippen LogP contribution < -0.4 is 0 Å². The van der Waals surface area contributed by atoms with Gasteiger partial charge in [-0.05, 0) is 48.9 Å². The van der Waals surface area contributed by atoms with Gasteiger partial charge in [0.2, 0.25) is 0 Å². The molecule has 0 heterocycles. The Hall–Kier alpha value is 0.220. The molecule has 0 amide bonds. The van der Waals surface area contributed by atoms with Crippen LogP contribution in [0.2, 0.25) is 0 Å². The Balaban J connectivity index is 2.12. The van der Waals surface area contributed by atoms with Gasteiger partial charge in [0, 0.05) is 0 Å². The van der Waals surface area contributed by atoms with Crippen molar-refractivity contribution in [3.05, 3.63) is 10.1 Å². The van der Waals surface area contributed by atoms with E-state index in [1.807, 2.05) is 0 Å². The molecular formula is C9H13Br. The van der Waals surface area contributed by atoms with E-state index < -0.39 is 0 Å². The lowest BCUT2D eigenvalue weighted by atomic mass is 9.96. The molecule has 0 aromatic carbocycles. The molecule has 56 valence electrons. The lowest BCUT2D eigenvalue weighted by Crippen LogP contribution is -1.96. The predicted octanol–water partition coefficient (Wildman–Crippen LogP) is 3.62. The third-order valence-corrected chi connectivity index (χ3v) is 3.42. The summed E-state index contributed by atoms with van der Waals surface area (Å²) in [6.07, 6.45) is 8.45. The molecule has 0 N–H and O–H groups in total. The quantitative estimate of drug-likeness (QED) is 0.607. The summed E-state index contributed by atoms with van der Waals surface area (Å²) in [6, 6.07) is 0. The lowest BCUT2D eigenvalue weighted by Gasteiger charge is -2.15. The molecular weight excluding hydrogens is 188 g/mol. The summed E-state index contributed by atoms with van der Waals surface area (Å²) >= 11 is 3.67. The molecule has 0 nitrogen and oxygen atoms in total. The zero-order chi connectivity index (χ0) is 6.97. The van der Waals surface area contributed by atoms with Gasteiger partial charge in [0.25, 0.3) is 0 Å². The van der Waals surface area contributed by atoms with Gasteiger partial charge in [-0.25, -0.2) is 0 Å². The minimum atomic E-state index is 0.995. The number of hydrogen-bond donors (Lipinski definition) is 0. The van der Waals surface area contributed by atoms with Crippen molar-refractivity contribution in [1.29, 1.82) is 0 Å². The predicted molar refractivity (Wildman–Crippen MR) is 47.1 cm³/mol. The Morgan fingerprint density at radius 3 is 2.40 bits per heavy atom. The molecule has 1 saturated carbocycles. The fourth-order valence-corrected chi connectivity index (χ4v) is 2.55. The number of rotatable bonds is 1. The second kappa shape index (κ2) is 2.69. The van der Waals surface area contributed by atoms with Gasteiger partial charge in [-0.1, -0.05) is 21.5 Å². The number of halogens is 1. The normalized spacial score (nSPS) is 27.3. The van der Waals surface area contributed by atoms with Gasteiger partial charge >= 0.3 is 0 Å². The smallest absolute Gasteiger partial charge is 0.00545 e. The maximum absolute atomic E-state index is 3.67. The van der Waals surface area contributed by atoms with Gasteiger partial charge in [-0.2, -0.15) is 0 Å². The van der Waals surface area contributed by atoms with Crippen LogP contribution in [0.25, 0.3) is 0 Å². The molecule has 0 saturated heterocycles. The van der Waals surface area contributed by atoms with E-state index in [-0.39, 0.29) is 0 Å². The maximum atomic E-state index is 3.67. The fraction of sp³-hybridized carbons (Fsp3) is 0.778. The molecule has 1 fully saturated rings. The molecule has 0 bridgehead atoms. The molecule has 2 rings (SSSR count). The van der Waals surface area contributed by atoms with Crippen LogP contribution in [-0.2, 0) is 0 Å². The van der Waals surface area contributed by atoms with E-state index >= 15 is 0 Å². The highest BCUT2D eigenvalue weighted by Crippen LogP contribution is 2.44. The maximum Gasteiger partial charge on any atom is -0.00545 e. The van der Waals surface area contributed by atoms with E-state index in [2.05, 4.69) is 15.9 Å². The molecule has 10 heavy (non-hydrogen) atoms. The third-order valence-electron chi connectivity index (χ3n) is 2.51. The van der Waals surface area contributed by atoms with Crippen LogP contribution in [0.3, 0.4) is 0 Å². The summed E-state index contributed by atoms with van der Waals surface area (Å²) in [5.41, 5.74) is 1.76. The van der Waals surface area contributed by atoms with Crippen molar-refractivity contribution < 1.29 is 0 Å². The van der Waals surface area contributed by atoms with E-state index in [0.29, 0.717) is 0 Å².